The van der Waals surface area contributed by atoms with Crippen LogP contribution in [0, 0.1) is 0 Å². The quantitative estimate of drug-likeness (QED) is 0.623. The van der Waals surface area contributed by atoms with E-state index in [1.54, 1.807) is 0 Å². The highest BCUT2D eigenvalue weighted by Crippen LogP contribution is 2.30. The first-order valence-corrected chi connectivity index (χ1v) is 7.43. The summed E-state index contributed by atoms with van der Waals surface area (Å²) < 4.78 is 5.80. The smallest absolute Gasteiger partial charge is 0.219 e. The maximum atomic E-state index is 5.80. The van der Waals surface area contributed by atoms with Crippen LogP contribution in [0.25, 0.3) is 0 Å². The maximum Gasteiger partial charge on any atom is 0.219 e. The van der Waals surface area contributed by atoms with Gasteiger partial charge in [0.25, 0.3) is 0 Å². The topological polar surface area (TPSA) is 51.0 Å². The average Bonchev–Trinajstić information content (AvgIpc) is 2.69. The summed E-state index contributed by atoms with van der Waals surface area (Å²) in [7, 11) is 0. The molecule has 2 rings (SSSR count). The van der Waals surface area contributed by atoms with Crippen molar-refractivity contribution in [3.63, 3.8) is 0 Å². The van der Waals surface area contributed by atoms with E-state index in [-0.39, 0.29) is 0 Å². The van der Waals surface area contributed by atoms with Crippen LogP contribution in [0.5, 0.6) is 0 Å². The molecule has 1 aromatic heterocycles. The zero-order chi connectivity index (χ0) is 12.6. The van der Waals surface area contributed by atoms with E-state index in [2.05, 4.69) is 22.4 Å². The van der Waals surface area contributed by atoms with Gasteiger partial charge >= 0.3 is 0 Å². The van der Waals surface area contributed by atoms with E-state index < -0.39 is 0 Å². The Morgan fingerprint density at radius 1 is 1.11 bits per heavy atom. The normalized spacial score (nSPS) is 17.8. The van der Waals surface area contributed by atoms with Gasteiger partial charge in [-0.1, -0.05) is 32.6 Å². The van der Waals surface area contributed by atoms with Gasteiger partial charge in [0.1, 0.15) is 0 Å². The standard InChI is InChI=1S/C14H25N3O/c1-2-10-15-11-9-13-16-17-14(18-13)12-7-5-3-4-6-8-12/h12,15H,2-11H2,1H3. The minimum Gasteiger partial charge on any atom is -0.425 e. The SMILES string of the molecule is CCCNCCc1nnc(C2CCCCCC2)o1. The van der Waals surface area contributed by atoms with Crippen LogP contribution < -0.4 is 5.32 Å². The first kappa shape index (κ1) is 13.5. The number of nitrogens with one attached hydrogen (secondary N) is 1. The van der Waals surface area contributed by atoms with E-state index in [1.165, 1.54) is 38.5 Å². The van der Waals surface area contributed by atoms with E-state index in [1.807, 2.05) is 0 Å². The molecule has 1 aromatic rings. The third kappa shape index (κ3) is 4.09. The molecule has 1 fully saturated rings. The van der Waals surface area contributed by atoms with Crippen molar-refractivity contribution in [1.29, 1.82) is 0 Å². The largest absolute Gasteiger partial charge is 0.425 e. The lowest BCUT2D eigenvalue weighted by molar-refractivity contribution is 0.392. The Bertz CT molecular complexity index is 330. The zero-order valence-corrected chi connectivity index (χ0v) is 11.5. The fraction of sp³-hybridized carbons (Fsp3) is 0.857. The van der Waals surface area contributed by atoms with E-state index in [4.69, 9.17) is 4.42 Å². The second-order valence-corrected chi connectivity index (χ2v) is 5.22. The van der Waals surface area contributed by atoms with Crippen LogP contribution in [0.3, 0.4) is 0 Å². The Kier molecular flexibility index (Phi) is 5.65. The summed E-state index contributed by atoms with van der Waals surface area (Å²) in [5.74, 6) is 2.18. The van der Waals surface area contributed by atoms with Crippen molar-refractivity contribution in [3.8, 4) is 0 Å². The van der Waals surface area contributed by atoms with Crippen molar-refractivity contribution in [1.82, 2.24) is 15.5 Å². The van der Waals surface area contributed by atoms with Gasteiger partial charge in [-0.15, -0.1) is 10.2 Å². The first-order valence-electron chi connectivity index (χ1n) is 7.43. The van der Waals surface area contributed by atoms with Crippen LogP contribution in [0.15, 0.2) is 4.42 Å². The Labute approximate surface area is 110 Å². The van der Waals surface area contributed by atoms with Gasteiger partial charge in [0.15, 0.2) is 0 Å². The molecular formula is C14H25N3O. The lowest BCUT2D eigenvalue weighted by Gasteiger charge is -2.07. The molecule has 0 bridgehead atoms. The molecule has 0 atom stereocenters. The molecule has 0 radical (unpaired) electrons. The summed E-state index contributed by atoms with van der Waals surface area (Å²) in [6, 6.07) is 0. The molecule has 0 aliphatic heterocycles. The molecule has 1 aliphatic rings. The fourth-order valence-electron chi connectivity index (χ4n) is 2.56. The average molecular weight is 251 g/mol. The van der Waals surface area contributed by atoms with E-state index in [0.717, 1.165) is 37.7 Å². The summed E-state index contributed by atoms with van der Waals surface area (Å²) in [5, 5.41) is 11.8. The number of hydrogen-bond donors (Lipinski definition) is 1. The molecule has 1 aliphatic carbocycles. The van der Waals surface area contributed by atoms with Gasteiger partial charge in [-0.2, -0.15) is 0 Å². The molecule has 18 heavy (non-hydrogen) atoms. The lowest BCUT2D eigenvalue weighted by atomic mass is 10.0. The third-order valence-electron chi connectivity index (χ3n) is 3.63. The first-order chi connectivity index (χ1) is 8.90. The van der Waals surface area contributed by atoms with Gasteiger partial charge in [-0.25, -0.2) is 0 Å². The van der Waals surface area contributed by atoms with Gasteiger partial charge in [-0.3, -0.25) is 0 Å². The van der Waals surface area contributed by atoms with Crippen molar-refractivity contribution in [2.45, 2.75) is 64.2 Å². The van der Waals surface area contributed by atoms with Crippen molar-refractivity contribution >= 4 is 0 Å². The fourth-order valence-corrected chi connectivity index (χ4v) is 2.56. The minimum atomic E-state index is 0.511. The summed E-state index contributed by atoms with van der Waals surface area (Å²) in [4.78, 5) is 0. The van der Waals surface area contributed by atoms with E-state index >= 15 is 0 Å². The van der Waals surface area contributed by atoms with Crippen molar-refractivity contribution in [3.05, 3.63) is 11.8 Å². The minimum absolute atomic E-state index is 0.511. The molecule has 0 saturated heterocycles. The van der Waals surface area contributed by atoms with E-state index in [9.17, 15) is 0 Å². The van der Waals surface area contributed by atoms with Crippen LogP contribution in [-0.4, -0.2) is 23.3 Å². The Hall–Kier alpha value is -0.900. The van der Waals surface area contributed by atoms with Crippen LogP contribution in [0.2, 0.25) is 0 Å². The molecule has 0 amide bonds. The van der Waals surface area contributed by atoms with Gasteiger partial charge in [-0.05, 0) is 25.8 Å². The predicted octanol–water partition coefficient (Wildman–Crippen LogP) is 3.05. The van der Waals surface area contributed by atoms with Crippen LogP contribution >= 0.6 is 0 Å². The van der Waals surface area contributed by atoms with Crippen LogP contribution in [0.4, 0.5) is 0 Å². The lowest BCUT2D eigenvalue weighted by Crippen LogP contribution is -2.17. The van der Waals surface area contributed by atoms with Crippen molar-refractivity contribution < 1.29 is 4.42 Å². The highest BCUT2D eigenvalue weighted by atomic mass is 16.4. The number of nitrogens with zero attached hydrogens (tertiary/aromatic N) is 2. The molecule has 0 aromatic carbocycles. The molecule has 1 heterocycles. The summed E-state index contributed by atoms with van der Waals surface area (Å²) in [6.07, 6.45) is 9.78. The van der Waals surface area contributed by atoms with Gasteiger partial charge in [0.2, 0.25) is 11.8 Å². The number of hydrogen-bond acceptors (Lipinski definition) is 4. The Balaban J connectivity index is 1.81. The molecule has 0 unspecified atom stereocenters. The second kappa shape index (κ2) is 7.52. The summed E-state index contributed by atoms with van der Waals surface area (Å²) in [5.41, 5.74) is 0. The number of rotatable bonds is 6. The van der Waals surface area contributed by atoms with Gasteiger partial charge < -0.3 is 9.73 Å². The highest BCUT2D eigenvalue weighted by molar-refractivity contribution is 4.92. The number of aromatic nitrogens is 2. The molecule has 102 valence electrons. The van der Waals surface area contributed by atoms with Crippen molar-refractivity contribution in [2.75, 3.05) is 13.1 Å². The molecule has 4 heteroatoms. The summed E-state index contributed by atoms with van der Waals surface area (Å²) >= 11 is 0. The van der Waals surface area contributed by atoms with E-state index in [0.29, 0.717) is 5.92 Å². The maximum absolute atomic E-state index is 5.80. The molecule has 0 spiro atoms. The highest BCUT2D eigenvalue weighted by Gasteiger charge is 2.20. The second-order valence-electron chi connectivity index (χ2n) is 5.22. The molecule has 1 N–H and O–H groups in total. The van der Waals surface area contributed by atoms with Crippen molar-refractivity contribution in [2.24, 2.45) is 0 Å². The Morgan fingerprint density at radius 2 is 1.89 bits per heavy atom. The van der Waals surface area contributed by atoms with Gasteiger partial charge in [0, 0.05) is 18.9 Å². The monoisotopic (exact) mass is 251 g/mol. The van der Waals surface area contributed by atoms with Gasteiger partial charge in [0.05, 0.1) is 0 Å². The molecule has 1 saturated carbocycles. The van der Waals surface area contributed by atoms with Crippen LogP contribution in [-0.2, 0) is 6.42 Å². The van der Waals surface area contributed by atoms with Crippen LogP contribution in [0.1, 0.15) is 69.6 Å². The third-order valence-corrected chi connectivity index (χ3v) is 3.63. The predicted molar refractivity (Wildman–Crippen MR) is 71.6 cm³/mol. The Morgan fingerprint density at radius 3 is 2.61 bits per heavy atom. The molecule has 4 nitrogen and oxygen atoms in total. The molecular weight excluding hydrogens is 226 g/mol. The zero-order valence-electron chi connectivity index (χ0n) is 11.5. The summed E-state index contributed by atoms with van der Waals surface area (Å²) in [6.45, 7) is 4.16.